The third kappa shape index (κ3) is 7.50. The van der Waals surface area contributed by atoms with E-state index in [1.54, 1.807) is 28.1 Å². The highest BCUT2D eigenvalue weighted by molar-refractivity contribution is 6.29. The molecule has 1 aliphatic carbocycles. The number of nitrogens with two attached hydrogens (primary N) is 1. The molecule has 16 nitrogen and oxygen atoms in total. The number of hydrogen-bond acceptors (Lipinski definition) is 11. The molecule has 5 aliphatic rings. The summed E-state index contributed by atoms with van der Waals surface area (Å²) in [6.45, 7) is 3.55. The van der Waals surface area contributed by atoms with E-state index in [1.807, 2.05) is 24.1 Å². The van der Waals surface area contributed by atoms with Crippen LogP contribution in [0.2, 0.25) is 0 Å². The average Bonchev–Trinajstić information content (AvgIpc) is 3.70. The van der Waals surface area contributed by atoms with Gasteiger partial charge >= 0.3 is 6.03 Å². The summed E-state index contributed by atoms with van der Waals surface area (Å²) >= 11 is 0. The van der Waals surface area contributed by atoms with E-state index in [0.717, 1.165) is 43.4 Å². The number of nitrogens with zero attached hydrogens (tertiary/aromatic N) is 6. The minimum absolute atomic E-state index is 0.0477. The SMILES string of the molecule is CN1CCN([C@@H]2CCCN(c3cnc(C(N)=O)c(Cc4ccc(C5CCN(C(=O)COc6cccc7c6C(=O)C(C6CCC(=O)NC6=O)C7=O)CC5)cc4)n3)C2)C1=O. The number of carbonyl (C=O) groups excluding carboxylic acids is 7. The number of imide groups is 1. The minimum Gasteiger partial charge on any atom is -0.483 e. The van der Waals surface area contributed by atoms with Crippen LogP contribution in [0.5, 0.6) is 5.75 Å². The number of piperidine rings is 3. The van der Waals surface area contributed by atoms with Gasteiger partial charge in [-0.05, 0) is 55.2 Å². The normalized spacial score (nSPS) is 22.7. The van der Waals surface area contributed by atoms with Gasteiger partial charge in [-0.1, -0.05) is 36.4 Å². The Bertz CT molecular complexity index is 2190. The summed E-state index contributed by atoms with van der Waals surface area (Å²) in [6, 6.07) is 12.9. The fraction of sp³-hybridized carbons (Fsp3) is 0.452. The molecule has 2 unspecified atom stereocenters. The van der Waals surface area contributed by atoms with Crippen molar-refractivity contribution in [3.63, 3.8) is 0 Å². The Kier molecular flexibility index (Phi) is 10.7. The molecule has 302 valence electrons. The maximum Gasteiger partial charge on any atom is 0.320 e. The Morgan fingerprint density at radius 1 is 0.914 bits per heavy atom. The predicted molar refractivity (Wildman–Crippen MR) is 208 cm³/mol. The topological polar surface area (TPSA) is 206 Å². The molecule has 16 heteroatoms. The van der Waals surface area contributed by atoms with E-state index in [-0.39, 0.29) is 65.9 Å². The molecule has 4 saturated heterocycles. The molecule has 4 aliphatic heterocycles. The molecular formula is C42H46N8O8. The van der Waals surface area contributed by atoms with Crippen LogP contribution >= 0.6 is 0 Å². The third-order valence-electron chi connectivity index (χ3n) is 12.3. The summed E-state index contributed by atoms with van der Waals surface area (Å²) < 4.78 is 5.86. The van der Waals surface area contributed by atoms with E-state index in [1.165, 1.54) is 6.07 Å². The second-order valence-electron chi connectivity index (χ2n) is 15.8. The van der Waals surface area contributed by atoms with Gasteiger partial charge in [-0.2, -0.15) is 0 Å². The van der Waals surface area contributed by atoms with Gasteiger partial charge in [0.05, 0.1) is 35.3 Å². The summed E-state index contributed by atoms with van der Waals surface area (Å²) in [6.07, 6.45) is 5.42. The monoisotopic (exact) mass is 790 g/mol. The van der Waals surface area contributed by atoms with Gasteiger partial charge in [0.25, 0.3) is 11.8 Å². The van der Waals surface area contributed by atoms with Crippen molar-refractivity contribution in [1.29, 1.82) is 0 Å². The average molecular weight is 791 g/mol. The van der Waals surface area contributed by atoms with Crippen LogP contribution in [-0.4, -0.2) is 125 Å². The first-order chi connectivity index (χ1) is 28.0. The number of anilines is 1. The van der Waals surface area contributed by atoms with Crippen LogP contribution in [0.1, 0.15) is 92.5 Å². The molecule has 3 aromatic rings. The Labute approximate surface area is 335 Å². The van der Waals surface area contributed by atoms with E-state index in [4.69, 9.17) is 15.5 Å². The number of aromatic nitrogens is 2. The predicted octanol–water partition coefficient (Wildman–Crippen LogP) is 2.34. The van der Waals surface area contributed by atoms with Crippen molar-refractivity contribution in [2.24, 2.45) is 17.6 Å². The zero-order chi connectivity index (χ0) is 40.7. The van der Waals surface area contributed by atoms with Crippen LogP contribution in [0, 0.1) is 11.8 Å². The van der Waals surface area contributed by atoms with Gasteiger partial charge in [0.2, 0.25) is 11.8 Å². The summed E-state index contributed by atoms with van der Waals surface area (Å²) in [5.41, 5.74) is 8.65. The van der Waals surface area contributed by atoms with Crippen LogP contribution in [0.15, 0.2) is 48.7 Å². The smallest absolute Gasteiger partial charge is 0.320 e. The highest BCUT2D eigenvalue weighted by atomic mass is 16.5. The number of amides is 6. The molecule has 3 N–H and O–H groups in total. The molecule has 2 aromatic carbocycles. The van der Waals surface area contributed by atoms with Crippen molar-refractivity contribution in [3.8, 4) is 5.75 Å². The lowest BCUT2D eigenvalue weighted by atomic mass is 9.82. The lowest BCUT2D eigenvalue weighted by Gasteiger charge is -2.37. The van der Waals surface area contributed by atoms with Gasteiger partial charge in [0.15, 0.2) is 18.2 Å². The number of rotatable bonds is 10. The number of likely N-dealkylation sites (tertiary alicyclic amines) is 1. The fourth-order valence-corrected chi connectivity index (χ4v) is 9.06. The van der Waals surface area contributed by atoms with Crippen molar-refractivity contribution in [2.45, 2.75) is 56.9 Å². The zero-order valence-electron chi connectivity index (χ0n) is 32.4. The number of likely N-dealkylation sites (N-methyl/N-ethyl adjacent to an activating group) is 1. The Hall–Kier alpha value is -6.19. The van der Waals surface area contributed by atoms with Crippen LogP contribution in [0.3, 0.4) is 0 Å². The van der Waals surface area contributed by atoms with Gasteiger partial charge in [-0.25, -0.2) is 14.8 Å². The van der Waals surface area contributed by atoms with Crippen molar-refractivity contribution in [3.05, 3.63) is 82.3 Å². The van der Waals surface area contributed by atoms with Crippen molar-refractivity contribution < 1.29 is 38.3 Å². The third-order valence-corrected chi connectivity index (χ3v) is 12.3. The van der Waals surface area contributed by atoms with E-state index in [0.29, 0.717) is 50.7 Å². The first-order valence-electron chi connectivity index (χ1n) is 19.9. The Morgan fingerprint density at radius 2 is 1.69 bits per heavy atom. The van der Waals surface area contributed by atoms with E-state index >= 15 is 0 Å². The molecule has 58 heavy (non-hydrogen) atoms. The van der Waals surface area contributed by atoms with Crippen molar-refractivity contribution in [1.82, 2.24) is 30.0 Å². The Balaban J connectivity index is 0.858. The highest BCUT2D eigenvalue weighted by Gasteiger charge is 2.49. The quantitative estimate of drug-likeness (QED) is 0.225. The minimum atomic E-state index is -1.22. The number of hydrogen-bond donors (Lipinski definition) is 2. The van der Waals surface area contributed by atoms with Gasteiger partial charge < -0.3 is 30.1 Å². The molecule has 4 fully saturated rings. The van der Waals surface area contributed by atoms with Crippen molar-refractivity contribution >= 4 is 47.0 Å². The number of primary amides is 1. The van der Waals surface area contributed by atoms with Gasteiger partial charge in [-0.3, -0.25) is 34.1 Å². The van der Waals surface area contributed by atoms with Crippen LogP contribution in [0.25, 0.3) is 0 Å². The molecule has 8 rings (SSSR count). The number of carbonyl (C=O) groups is 7. The summed E-state index contributed by atoms with van der Waals surface area (Å²) in [4.78, 5) is 106. The number of ketones is 2. The summed E-state index contributed by atoms with van der Waals surface area (Å²) in [5, 5.41) is 2.22. The van der Waals surface area contributed by atoms with E-state index < -0.39 is 41.1 Å². The number of urea groups is 1. The molecular weight excluding hydrogens is 745 g/mol. The van der Waals surface area contributed by atoms with Crippen molar-refractivity contribution in [2.75, 3.05) is 57.8 Å². The number of nitrogens with one attached hydrogen (secondary N) is 1. The summed E-state index contributed by atoms with van der Waals surface area (Å²) in [5.74, 6) is -4.11. The maximum absolute atomic E-state index is 13.5. The van der Waals surface area contributed by atoms with Crippen LogP contribution in [-0.2, 0) is 20.8 Å². The zero-order valence-corrected chi connectivity index (χ0v) is 32.4. The largest absolute Gasteiger partial charge is 0.483 e. The number of ether oxygens (including phenoxy) is 1. The van der Waals surface area contributed by atoms with E-state index in [9.17, 15) is 33.6 Å². The highest BCUT2D eigenvalue weighted by Crippen LogP contribution is 2.39. The van der Waals surface area contributed by atoms with Gasteiger partial charge in [0, 0.05) is 64.7 Å². The molecule has 3 atom stereocenters. The molecule has 0 saturated carbocycles. The Morgan fingerprint density at radius 3 is 2.40 bits per heavy atom. The van der Waals surface area contributed by atoms with Gasteiger partial charge in [-0.15, -0.1) is 0 Å². The summed E-state index contributed by atoms with van der Waals surface area (Å²) in [7, 11) is 1.82. The fourth-order valence-electron chi connectivity index (χ4n) is 9.06. The maximum atomic E-state index is 13.5. The number of benzene rings is 2. The molecule has 0 bridgehead atoms. The first-order valence-corrected chi connectivity index (χ1v) is 19.9. The molecule has 0 radical (unpaired) electrons. The second kappa shape index (κ2) is 16.0. The molecule has 6 amide bonds. The standard InChI is InChI=1S/C42H46N8O8/c1-47-18-19-50(42(47)57)27-4-3-15-49(22-27)32-21-44-37(40(43)55)30(45-32)20-24-7-9-25(10-8-24)26-13-16-48(17-14-26)34(52)23-58-31-6-2-5-28-35(31)39(54)36(38(28)53)29-11-12-33(51)46-41(29)56/h2,5-10,21,26-27,29,36H,3-4,11-20,22-23H2,1H3,(H2,43,55)(H,46,51,56)/t27-,29?,36?/m1/s1. The van der Waals surface area contributed by atoms with Crippen LogP contribution < -0.4 is 20.7 Å². The first kappa shape index (κ1) is 38.7. The molecule has 1 aromatic heterocycles. The number of Topliss-reactive ketones (excluding diaryl/α,β-unsaturated/α-hetero) is 2. The number of fused-ring (bicyclic) bond motifs is 1. The lowest BCUT2D eigenvalue weighted by Crippen LogP contribution is -2.49. The molecule has 5 heterocycles. The van der Waals surface area contributed by atoms with Gasteiger partial charge in [0.1, 0.15) is 17.3 Å². The molecule has 0 spiro atoms. The van der Waals surface area contributed by atoms with E-state index in [2.05, 4.69) is 27.3 Å². The van der Waals surface area contributed by atoms with Crippen LogP contribution in [0.4, 0.5) is 10.6 Å². The lowest BCUT2D eigenvalue weighted by molar-refractivity contribution is -0.137. The second-order valence-corrected chi connectivity index (χ2v) is 15.8.